The molecule has 64 valence electrons. The minimum atomic E-state index is 0.462. The molecule has 0 saturated carbocycles. The molecule has 0 amide bonds. The summed E-state index contributed by atoms with van der Waals surface area (Å²) >= 11 is 11.0. The summed E-state index contributed by atoms with van der Waals surface area (Å²) in [6.45, 7) is 0.462. The van der Waals surface area contributed by atoms with Gasteiger partial charge >= 0.3 is 0 Å². The van der Waals surface area contributed by atoms with Crippen LogP contribution in [0.1, 0.15) is 0 Å². The Bertz CT molecular complexity index is 271. The Labute approximate surface area is 81.6 Å². The van der Waals surface area contributed by atoms with Gasteiger partial charge in [-0.1, -0.05) is 29.3 Å². The summed E-state index contributed by atoms with van der Waals surface area (Å²) in [5.41, 5.74) is 1.42. The molecule has 1 rings (SSSR count). The van der Waals surface area contributed by atoms with E-state index in [0.29, 0.717) is 11.6 Å². The van der Waals surface area contributed by atoms with Crippen LogP contribution in [-0.4, -0.2) is 6.61 Å². The molecule has 12 heavy (non-hydrogen) atoms. The molecule has 0 N–H and O–H groups in total. The van der Waals surface area contributed by atoms with Crippen LogP contribution in [0.25, 0.3) is 0 Å². The van der Waals surface area contributed by atoms with Crippen LogP contribution >= 0.6 is 23.2 Å². The van der Waals surface area contributed by atoms with Crippen molar-refractivity contribution in [2.24, 2.45) is 0 Å². The van der Waals surface area contributed by atoms with Gasteiger partial charge in [0.25, 0.3) is 0 Å². The fraction of sp³-hybridized carbons (Fsp3) is 0.111. The summed E-state index contributed by atoms with van der Waals surface area (Å²) < 4.78 is 5.27. The minimum absolute atomic E-state index is 0.462. The summed E-state index contributed by atoms with van der Waals surface area (Å²) in [4.78, 5) is 0. The van der Waals surface area contributed by atoms with E-state index < -0.39 is 0 Å². The van der Waals surface area contributed by atoms with Crippen molar-refractivity contribution in [1.82, 2.24) is 0 Å². The summed E-state index contributed by atoms with van der Waals surface area (Å²) in [5, 5.41) is 0.669. The van der Waals surface area contributed by atoms with E-state index in [1.807, 2.05) is 12.1 Å². The molecule has 0 heterocycles. The average molecular weight is 203 g/mol. The van der Waals surface area contributed by atoms with Crippen molar-refractivity contribution >= 4 is 23.2 Å². The lowest BCUT2D eigenvalue weighted by molar-refractivity contribution is 0.363. The van der Waals surface area contributed by atoms with Gasteiger partial charge in [-0.25, -0.2) is 0 Å². The molecule has 0 spiro atoms. The lowest BCUT2D eigenvalue weighted by Gasteiger charge is -2.01. The van der Waals surface area contributed by atoms with Crippen molar-refractivity contribution in [3.05, 3.63) is 40.9 Å². The Balaban J connectivity index is 2.52. The van der Waals surface area contributed by atoms with Crippen molar-refractivity contribution in [3.8, 4) is 5.75 Å². The number of rotatable bonds is 3. The smallest absolute Gasteiger partial charge is 0.121 e. The van der Waals surface area contributed by atoms with Crippen molar-refractivity contribution in [2.75, 3.05) is 6.61 Å². The molecular weight excluding hydrogens is 195 g/mol. The van der Waals surface area contributed by atoms with Crippen molar-refractivity contribution in [2.45, 2.75) is 0 Å². The van der Waals surface area contributed by atoms with E-state index in [2.05, 4.69) is 0 Å². The maximum atomic E-state index is 5.73. The van der Waals surface area contributed by atoms with Crippen molar-refractivity contribution in [3.63, 3.8) is 0 Å². The van der Waals surface area contributed by atoms with E-state index in [9.17, 15) is 0 Å². The van der Waals surface area contributed by atoms with Crippen LogP contribution in [0.15, 0.2) is 35.9 Å². The molecule has 3 heteroatoms. The highest BCUT2D eigenvalue weighted by molar-refractivity contribution is 6.30. The van der Waals surface area contributed by atoms with Crippen molar-refractivity contribution < 1.29 is 4.74 Å². The lowest BCUT2D eigenvalue weighted by Crippen LogP contribution is -1.91. The second-order valence-corrected chi connectivity index (χ2v) is 2.82. The number of hydrogen-bond acceptors (Lipinski definition) is 1. The molecule has 0 radical (unpaired) electrons. The van der Waals surface area contributed by atoms with Crippen LogP contribution in [0.4, 0.5) is 0 Å². The highest BCUT2D eigenvalue weighted by Gasteiger charge is 1.91. The first-order valence-corrected chi connectivity index (χ1v) is 4.28. The zero-order valence-corrected chi connectivity index (χ0v) is 7.85. The van der Waals surface area contributed by atoms with Crippen molar-refractivity contribution in [1.29, 1.82) is 0 Å². The van der Waals surface area contributed by atoms with E-state index in [0.717, 1.165) is 5.75 Å². The fourth-order valence-electron chi connectivity index (χ4n) is 0.737. The molecule has 0 unspecified atom stereocenters. The Morgan fingerprint density at radius 1 is 1.42 bits per heavy atom. The van der Waals surface area contributed by atoms with E-state index >= 15 is 0 Å². The standard InChI is InChI=1S/C9H8Cl2O/c10-5-2-6-12-9-4-1-3-8(11)7-9/h1-5,7H,6H2. The van der Waals surface area contributed by atoms with Gasteiger partial charge in [0.1, 0.15) is 12.4 Å². The lowest BCUT2D eigenvalue weighted by atomic mass is 10.3. The second kappa shape index (κ2) is 5.07. The summed E-state index contributed by atoms with van der Waals surface area (Å²) in [5.74, 6) is 0.747. The van der Waals surface area contributed by atoms with Gasteiger partial charge in [-0.05, 0) is 24.3 Å². The SMILES string of the molecule is ClC=CCOc1cccc(Cl)c1. The molecule has 0 bridgehead atoms. The number of halogens is 2. The molecule has 0 atom stereocenters. The maximum Gasteiger partial charge on any atom is 0.121 e. The monoisotopic (exact) mass is 202 g/mol. The van der Waals surface area contributed by atoms with Crippen LogP contribution in [-0.2, 0) is 0 Å². The third kappa shape index (κ3) is 3.16. The van der Waals surface area contributed by atoms with Crippen LogP contribution in [0.5, 0.6) is 5.75 Å². The first-order valence-electron chi connectivity index (χ1n) is 3.46. The number of benzene rings is 1. The third-order valence-corrected chi connectivity index (χ3v) is 1.64. The first kappa shape index (κ1) is 9.43. The molecular formula is C9H8Cl2O. The van der Waals surface area contributed by atoms with Gasteiger partial charge < -0.3 is 4.74 Å². The van der Waals surface area contributed by atoms with Gasteiger partial charge in [0, 0.05) is 10.6 Å². The Hall–Kier alpha value is -0.660. The molecule has 1 nitrogen and oxygen atoms in total. The molecule has 0 fully saturated rings. The predicted molar refractivity (Wildman–Crippen MR) is 51.9 cm³/mol. The molecule has 0 aliphatic rings. The summed E-state index contributed by atoms with van der Waals surface area (Å²) in [6.07, 6.45) is 1.71. The maximum absolute atomic E-state index is 5.73. The normalized spacial score (nSPS) is 10.5. The molecule has 0 aromatic heterocycles. The number of hydrogen-bond donors (Lipinski definition) is 0. The minimum Gasteiger partial charge on any atom is -0.489 e. The Morgan fingerprint density at radius 3 is 2.92 bits per heavy atom. The van der Waals surface area contributed by atoms with Crippen LogP contribution < -0.4 is 4.74 Å². The second-order valence-electron chi connectivity index (χ2n) is 2.13. The summed E-state index contributed by atoms with van der Waals surface area (Å²) in [7, 11) is 0. The topological polar surface area (TPSA) is 9.23 Å². The molecule has 0 aliphatic carbocycles. The van der Waals surface area contributed by atoms with Crippen LogP contribution in [0, 0.1) is 0 Å². The van der Waals surface area contributed by atoms with Gasteiger partial charge in [-0.3, -0.25) is 0 Å². The van der Waals surface area contributed by atoms with E-state index in [1.165, 1.54) is 5.54 Å². The van der Waals surface area contributed by atoms with E-state index in [1.54, 1.807) is 18.2 Å². The first-order chi connectivity index (χ1) is 5.83. The Kier molecular flexibility index (Phi) is 3.98. The number of ether oxygens (including phenoxy) is 1. The average Bonchev–Trinajstić information content (AvgIpc) is 2.05. The highest BCUT2D eigenvalue weighted by atomic mass is 35.5. The largest absolute Gasteiger partial charge is 0.489 e. The Morgan fingerprint density at radius 2 is 2.25 bits per heavy atom. The predicted octanol–water partition coefficient (Wildman–Crippen LogP) is 3.47. The van der Waals surface area contributed by atoms with Gasteiger partial charge in [-0.2, -0.15) is 0 Å². The molecule has 1 aromatic rings. The van der Waals surface area contributed by atoms with E-state index in [-0.39, 0.29) is 0 Å². The third-order valence-electron chi connectivity index (χ3n) is 1.23. The molecule has 0 saturated heterocycles. The van der Waals surface area contributed by atoms with Gasteiger partial charge in [0.2, 0.25) is 0 Å². The quantitative estimate of drug-likeness (QED) is 0.730. The van der Waals surface area contributed by atoms with Gasteiger partial charge in [0.05, 0.1) is 0 Å². The van der Waals surface area contributed by atoms with Gasteiger partial charge in [0.15, 0.2) is 0 Å². The van der Waals surface area contributed by atoms with E-state index in [4.69, 9.17) is 27.9 Å². The zero-order valence-electron chi connectivity index (χ0n) is 6.34. The summed E-state index contributed by atoms with van der Waals surface area (Å²) in [6, 6.07) is 7.23. The zero-order chi connectivity index (χ0) is 8.81. The van der Waals surface area contributed by atoms with Crippen LogP contribution in [0.3, 0.4) is 0 Å². The van der Waals surface area contributed by atoms with Gasteiger partial charge in [-0.15, -0.1) is 0 Å². The highest BCUT2D eigenvalue weighted by Crippen LogP contribution is 2.16. The molecule has 1 aromatic carbocycles. The van der Waals surface area contributed by atoms with Crippen LogP contribution in [0.2, 0.25) is 5.02 Å². The molecule has 0 aliphatic heterocycles. The fourth-order valence-corrected chi connectivity index (χ4v) is 0.991.